The Morgan fingerprint density at radius 3 is 2.86 bits per heavy atom. The normalized spacial score (nSPS) is 31.1. The highest BCUT2D eigenvalue weighted by Crippen LogP contribution is 2.36. The summed E-state index contributed by atoms with van der Waals surface area (Å²) in [5, 5.41) is 7.73. The van der Waals surface area contributed by atoms with Crippen molar-refractivity contribution in [1.29, 1.82) is 0 Å². The molecular weight excluding hydrogens is 288 g/mol. The van der Waals surface area contributed by atoms with Gasteiger partial charge in [0.15, 0.2) is 0 Å². The van der Waals surface area contributed by atoms with Crippen LogP contribution in [-0.4, -0.2) is 47.2 Å². The molecule has 0 bridgehead atoms. The van der Waals surface area contributed by atoms with Gasteiger partial charge >= 0.3 is 0 Å². The van der Waals surface area contributed by atoms with Gasteiger partial charge in [-0.15, -0.1) is 0 Å². The van der Waals surface area contributed by atoms with Crippen LogP contribution in [0.3, 0.4) is 0 Å². The summed E-state index contributed by atoms with van der Waals surface area (Å²) in [6.07, 6.45) is 5.52. The topological polar surface area (TPSA) is 67.2 Å². The van der Waals surface area contributed by atoms with E-state index in [1.807, 2.05) is 0 Å². The quantitative estimate of drug-likeness (QED) is 0.885. The Hall–Kier alpha value is -0.920. The first-order valence-electron chi connectivity index (χ1n) is 7.62. The van der Waals surface area contributed by atoms with E-state index in [1.54, 1.807) is 29.2 Å². The summed E-state index contributed by atoms with van der Waals surface area (Å²) in [4.78, 5) is 0.347. The Morgan fingerprint density at radius 1 is 1.43 bits per heavy atom. The molecule has 6 nitrogen and oxygen atoms in total. The molecule has 0 saturated carbocycles. The summed E-state index contributed by atoms with van der Waals surface area (Å²) in [5.41, 5.74) is 0.480. The third kappa shape index (κ3) is 2.41. The molecule has 7 heteroatoms. The minimum absolute atomic E-state index is 0.0459. The summed E-state index contributed by atoms with van der Waals surface area (Å²) >= 11 is 0. The van der Waals surface area contributed by atoms with E-state index in [2.05, 4.69) is 17.3 Å². The van der Waals surface area contributed by atoms with Gasteiger partial charge < -0.3 is 5.32 Å². The zero-order valence-electron chi connectivity index (χ0n) is 13.0. The fourth-order valence-electron chi connectivity index (χ4n) is 3.83. The number of fused-ring (bicyclic) bond motifs is 1. The van der Waals surface area contributed by atoms with Gasteiger partial charge in [0.2, 0.25) is 10.0 Å². The maximum Gasteiger partial charge on any atom is 0.246 e. The van der Waals surface area contributed by atoms with E-state index in [-0.39, 0.29) is 11.6 Å². The molecule has 2 aliphatic rings. The van der Waals surface area contributed by atoms with Crippen molar-refractivity contribution in [3.63, 3.8) is 0 Å². The second kappa shape index (κ2) is 5.07. The van der Waals surface area contributed by atoms with Crippen LogP contribution in [0.5, 0.6) is 0 Å². The maximum absolute atomic E-state index is 13.1. The van der Waals surface area contributed by atoms with Crippen LogP contribution in [0.1, 0.15) is 38.3 Å². The summed E-state index contributed by atoms with van der Waals surface area (Å²) < 4.78 is 29.4. The molecule has 1 aromatic rings. The van der Waals surface area contributed by atoms with Gasteiger partial charge in [0.1, 0.15) is 4.90 Å². The zero-order chi connectivity index (χ0) is 15.3. The maximum atomic E-state index is 13.1. The molecule has 2 saturated heterocycles. The molecule has 0 aromatic carbocycles. The molecule has 0 spiro atoms. The Labute approximate surface area is 126 Å². The van der Waals surface area contributed by atoms with Crippen molar-refractivity contribution in [2.45, 2.75) is 56.0 Å². The predicted octanol–water partition coefficient (Wildman–Crippen LogP) is 1.02. The van der Waals surface area contributed by atoms with Gasteiger partial charge in [-0.2, -0.15) is 9.40 Å². The number of hydrogen-bond acceptors (Lipinski definition) is 4. The van der Waals surface area contributed by atoms with Gasteiger partial charge in [0.25, 0.3) is 0 Å². The van der Waals surface area contributed by atoms with Crippen LogP contribution >= 0.6 is 0 Å². The minimum atomic E-state index is -3.47. The van der Waals surface area contributed by atoms with E-state index in [9.17, 15) is 8.42 Å². The Kier molecular flexibility index (Phi) is 3.62. The van der Waals surface area contributed by atoms with E-state index < -0.39 is 10.0 Å². The molecule has 2 atom stereocenters. The second-order valence-corrected chi connectivity index (χ2v) is 8.33. The summed E-state index contributed by atoms with van der Waals surface area (Å²) in [6.45, 7) is 5.51. The number of aromatic nitrogens is 2. The predicted molar refractivity (Wildman–Crippen MR) is 80.5 cm³/mol. The van der Waals surface area contributed by atoms with Gasteiger partial charge in [-0.1, -0.05) is 0 Å². The lowest BCUT2D eigenvalue weighted by Crippen LogP contribution is -2.65. The number of nitrogens with one attached hydrogen (secondary N) is 1. The molecule has 3 rings (SSSR count). The largest absolute Gasteiger partial charge is 0.310 e. The van der Waals surface area contributed by atoms with E-state index in [0.717, 1.165) is 32.2 Å². The average molecular weight is 312 g/mol. The van der Waals surface area contributed by atoms with Crippen LogP contribution in [0.15, 0.2) is 11.1 Å². The van der Waals surface area contributed by atoms with Crippen LogP contribution in [0, 0.1) is 6.92 Å². The van der Waals surface area contributed by atoms with Crippen molar-refractivity contribution in [3.05, 3.63) is 11.9 Å². The molecule has 21 heavy (non-hydrogen) atoms. The fraction of sp³-hybridized carbons (Fsp3) is 0.786. The Balaban J connectivity index is 2.00. The third-order valence-corrected chi connectivity index (χ3v) is 6.91. The molecule has 0 aliphatic carbocycles. The summed E-state index contributed by atoms with van der Waals surface area (Å²) in [7, 11) is -1.71. The van der Waals surface area contributed by atoms with Crippen molar-refractivity contribution >= 4 is 10.0 Å². The highest BCUT2D eigenvalue weighted by atomic mass is 32.2. The van der Waals surface area contributed by atoms with Crippen LogP contribution in [0.2, 0.25) is 0 Å². The van der Waals surface area contributed by atoms with Gasteiger partial charge in [-0.3, -0.25) is 4.68 Å². The lowest BCUT2D eigenvalue weighted by atomic mass is 9.79. The van der Waals surface area contributed by atoms with E-state index in [4.69, 9.17) is 0 Å². The van der Waals surface area contributed by atoms with Crippen molar-refractivity contribution < 1.29 is 8.42 Å². The minimum Gasteiger partial charge on any atom is -0.310 e. The fourth-order valence-corrected chi connectivity index (χ4v) is 5.82. The number of sulfonamides is 1. The summed E-state index contributed by atoms with van der Waals surface area (Å²) in [5.74, 6) is 0. The van der Waals surface area contributed by atoms with Gasteiger partial charge in [0, 0.05) is 31.4 Å². The van der Waals surface area contributed by atoms with Crippen molar-refractivity contribution in [3.8, 4) is 0 Å². The highest BCUT2D eigenvalue weighted by Gasteiger charge is 2.47. The van der Waals surface area contributed by atoms with Gasteiger partial charge in [0.05, 0.1) is 5.69 Å². The average Bonchev–Trinajstić information content (AvgIpc) is 2.77. The smallest absolute Gasteiger partial charge is 0.246 e. The van der Waals surface area contributed by atoms with Crippen LogP contribution < -0.4 is 5.32 Å². The molecular formula is C14H24N4O2S. The standard InChI is InChI=1S/C14H24N4O2S/c1-11-12(10-17(3)16-11)21(19,20)18-9-5-7-14(2)13(18)6-4-8-15-14/h10,13,15H,4-9H2,1-3H3/t13-,14+/m1/s1. The first-order chi connectivity index (χ1) is 9.84. The lowest BCUT2D eigenvalue weighted by Gasteiger charge is -2.50. The number of hydrogen-bond donors (Lipinski definition) is 1. The van der Waals surface area contributed by atoms with E-state index in [1.165, 1.54) is 0 Å². The lowest BCUT2D eigenvalue weighted by molar-refractivity contribution is 0.0896. The number of piperidine rings is 2. The molecule has 3 heterocycles. The van der Waals surface area contributed by atoms with Crippen molar-refractivity contribution in [2.24, 2.45) is 7.05 Å². The van der Waals surface area contributed by atoms with E-state index >= 15 is 0 Å². The van der Waals surface area contributed by atoms with Gasteiger partial charge in [-0.25, -0.2) is 8.42 Å². The monoisotopic (exact) mass is 312 g/mol. The van der Waals surface area contributed by atoms with Crippen molar-refractivity contribution in [2.75, 3.05) is 13.1 Å². The molecule has 0 radical (unpaired) electrons. The van der Waals surface area contributed by atoms with Crippen LogP contribution in [-0.2, 0) is 17.1 Å². The van der Waals surface area contributed by atoms with Gasteiger partial charge in [-0.05, 0) is 46.1 Å². The molecule has 1 aromatic heterocycles. The second-order valence-electron chi connectivity index (χ2n) is 6.47. The Bertz CT molecular complexity index is 635. The Morgan fingerprint density at radius 2 is 2.19 bits per heavy atom. The van der Waals surface area contributed by atoms with Crippen molar-refractivity contribution in [1.82, 2.24) is 19.4 Å². The van der Waals surface area contributed by atoms with Crippen LogP contribution in [0.25, 0.3) is 0 Å². The zero-order valence-corrected chi connectivity index (χ0v) is 13.8. The molecule has 118 valence electrons. The molecule has 0 amide bonds. The molecule has 1 N–H and O–H groups in total. The highest BCUT2D eigenvalue weighted by molar-refractivity contribution is 7.89. The third-order valence-electron chi connectivity index (χ3n) is 4.90. The number of nitrogens with zero attached hydrogens (tertiary/aromatic N) is 3. The molecule has 0 unspecified atom stereocenters. The SMILES string of the molecule is Cc1nn(C)cc1S(=O)(=O)N1CCC[C@]2(C)NCCC[C@@H]12. The molecule has 2 aliphatic heterocycles. The first-order valence-corrected chi connectivity index (χ1v) is 9.06. The number of aryl methyl sites for hydroxylation is 2. The van der Waals surface area contributed by atoms with Crippen LogP contribution in [0.4, 0.5) is 0 Å². The van der Waals surface area contributed by atoms with E-state index in [0.29, 0.717) is 17.1 Å². The first kappa shape index (κ1) is 15.0. The summed E-state index contributed by atoms with van der Waals surface area (Å²) in [6, 6.07) is 0.0459. The molecule has 2 fully saturated rings. The number of rotatable bonds is 2.